The molecule has 0 aliphatic heterocycles. The number of primary amides is 1. The van der Waals surface area contributed by atoms with Crippen LogP contribution in [0.25, 0.3) is 11.0 Å². The van der Waals surface area contributed by atoms with Crippen LogP contribution in [0.5, 0.6) is 0 Å². The van der Waals surface area contributed by atoms with Crippen LogP contribution >= 0.6 is 11.6 Å². The monoisotopic (exact) mass is 293 g/mol. The van der Waals surface area contributed by atoms with Crippen molar-refractivity contribution in [1.82, 2.24) is 9.55 Å². The molecule has 2 rings (SSSR count). The van der Waals surface area contributed by atoms with E-state index in [-0.39, 0.29) is 11.3 Å². The summed E-state index contributed by atoms with van der Waals surface area (Å²) in [5.74, 6) is 0.633. The summed E-state index contributed by atoms with van der Waals surface area (Å²) in [5, 5.41) is -0.140. The highest BCUT2D eigenvalue weighted by atomic mass is 35.5. The maximum atomic E-state index is 10.8. The van der Waals surface area contributed by atoms with Crippen molar-refractivity contribution < 1.29 is 4.79 Å². The van der Waals surface area contributed by atoms with Crippen LogP contribution < -0.4 is 5.73 Å². The van der Waals surface area contributed by atoms with Gasteiger partial charge in [0.2, 0.25) is 5.91 Å². The number of benzene rings is 1. The Labute approximate surface area is 123 Å². The number of rotatable bonds is 6. The predicted molar refractivity (Wildman–Crippen MR) is 81.8 cm³/mol. The summed E-state index contributed by atoms with van der Waals surface area (Å²) in [6, 6.07) is 6.22. The van der Waals surface area contributed by atoms with Crippen LogP contribution in [0, 0.1) is 6.92 Å². The summed E-state index contributed by atoms with van der Waals surface area (Å²) in [7, 11) is 0. The maximum Gasteiger partial charge on any atom is 0.217 e. The van der Waals surface area contributed by atoms with E-state index < -0.39 is 0 Å². The molecule has 0 bridgehead atoms. The molecule has 1 unspecified atom stereocenters. The average molecular weight is 294 g/mol. The lowest BCUT2D eigenvalue weighted by atomic mass is 10.2. The summed E-state index contributed by atoms with van der Waals surface area (Å²) >= 11 is 6.23. The molecular weight excluding hydrogens is 274 g/mol. The molecule has 0 spiro atoms. The quantitative estimate of drug-likeness (QED) is 0.656. The van der Waals surface area contributed by atoms with E-state index in [4.69, 9.17) is 17.3 Å². The van der Waals surface area contributed by atoms with Crippen molar-refractivity contribution in [1.29, 1.82) is 0 Å². The summed E-state index contributed by atoms with van der Waals surface area (Å²) in [6.45, 7) is 4.78. The van der Waals surface area contributed by atoms with Crippen LogP contribution in [0.1, 0.15) is 43.0 Å². The second-order valence-corrected chi connectivity index (χ2v) is 5.81. The Morgan fingerprint density at radius 3 is 2.85 bits per heavy atom. The highest BCUT2D eigenvalue weighted by Gasteiger charge is 2.14. The van der Waals surface area contributed by atoms with Gasteiger partial charge < -0.3 is 10.3 Å². The number of hydrogen-bond acceptors (Lipinski definition) is 2. The number of carbonyl (C=O) groups excluding carboxylic acids is 1. The van der Waals surface area contributed by atoms with Gasteiger partial charge in [0.1, 0.15) is 5.82 Å². The minimum absolute atomic E-state index is 0.140. The molecule has 1 aromatic carbocycles. The van der Waals surface area contributed by atoms with Crippen LogP contribution in [0.3, 0.4) is 0 Å². The minimum Gasteiger partial charge on any atom is -0.370 e. The van der Waals surface area contributed by atoms with Gasteiger partial charge in [-0.2, -0.15) is 0 Å². The van der Waals surface area contributed by atoms with Crippen molar-refractivity contribution in [2.45, 2.75) is 45.0 Å². The van der Waals surface area contributed by atoms with E-state index in [1.807, 2.05) is 6.92 Å². The van der Waals surface area contributed by atoms with Crippen LogP contribution in [-0.4, -0.2) is 15.5 Å². The van der Waals surface area contributed by atoms with Gasteiger partial charge in [-0.25, -0.2) is 4.98 Å². The standard InChI is InChI=1S/C15H20ClN3O/c1-10-6-7-13-12(9-10)18-15(11(2)16)19(13)8-4-3-5-14(17)20/h6-7,9,11H,3-5,8H2,1-2H3,(H2,17,20). The van der Waals surface area contributed by atoms with E-state index in [0.29, 0.717) is 6.42 Å². The fraction of sp³-hybridized carbons (Fsp3) is 0.467. The number of nitrogens with zero attached hydrogens (tertiary/aromatic N) is 2. The van der Waals surface area contributed by atoms with Gasteiger partial charge in [0.05, 0.1) is 16.4 Å². The molecule has 5 heteroatoms. The van der Waals surface area contributed by atoms with E-state index in [9.17, 15) is 4.79 Å². The number of aromatic nitrogens is 2. The molecule has 0 aliphatic carbocycles. The summed E-state index contributed by atoms with van der Waals surface area (Å²) in [4.78, 5) is 15.4. The van der Waals surface area contributed by atoms with E-state index in [1.54, 1.807) is 0 Å². The first-order valence-corrected chi connectivity index (χ1v) is 7.32. The Hall–Kier alpha value is -1.55. The van der Waals surface area contributed by atoms with Crippen molar-refractivity contribution in [3.8, 4) is 0 Å². The Morgan fingerprint density at radius 1 is 1.45 bits per heavy atom. The lowest BCUT2D eigenvalue weighted by Gasteiger charge is -2.10. The fourth-order valence-corrected chi connectivity index (χ4v) is 2.53. The number of unbranched alkanes of at least 4 members (excludes halogenated alkanes) is 1. The van der Waals surface area contributed by atoms with Crippen molar-refractivity contribution in [3.05, 3.63) is 29.6 Å². The molecule has 20 heavy (non-hydrogen) atoms. The highest BCUT2D eigenvalue weighted by Crippen LogP contribution is 2.25. The predicted octanol–water partition coefficient (Wildman–Crippen LogP) is 3.30. The van der Waals surface area contributed by atoms with Gasteiger partial charge in [0, 0.05) is 13.0 Å². The smallest absolute Gasteiger partial charge is 0.217 e. The number of hydrogen-bond donors (Lipinski definition) is 1. The third kappa shape index (κ3) is 3.31. The molecule has 108 valence electrons. The molecule has 4 nitrogen and oxygen atoms in total. The SMILES string of the molecule is Cc1ccc2c(c1)nc(C(C)Cl)n2CCCCC(N)=O. The number of halogens is 1. The first-order chi connectivity index (χ1) is 9.49. The molecule has 0 saturated heterocycles. The van der Waals surface area contributed by atoms with Gasteiger partial charge in [-0.15, -0.1) is 11.6 Å². The number of fused-ring (bicyclic) bond motifs is 1. The third-order valence-corrected chi connectivity index (χ3v) is 3.54. The number of amides is 1. The van der Waals surface area contributed by atoms with Gasteiger partial charge in [-0.05, 0) is 44.4 Å². The Balaban J connectivity index is 2.24. The lowest BCUT2D eigenvalue weighted by Crippen LogP contribution is -2.11. The molecule has 0 aliphatic rings. The zero-order valence-electron chi connectivity index (χ0n) is 11.9. The molecule has 2 N–H and O–H groups in total. The molecule has 2 aromatic rings. The van der Waals surface area contributed by atoms with Crippen LogP contribution in [-0.2, 0) is 11.3 Å². The highest BCUT2D eigenvalue weighted by molar-refractivity contribution is 6.20. The average Bonchev–Trinajstić information content (AvgIpc) is 2.72. The number of aryl methyl sites for hydroxylation is 2. The maximum absolute atomic E-state index is 10.8. The van der Waals surface area contributed by atoms with Crippen molar-refractivity contribution >= 4 is 28.5 Å². The van der Waals surface area contributed by atoms with E-state index in [2.05, 4.69) is 34.7 Å². The molecule has 0 radical (unpaired) electrons. The molecule has 1 amide bonds. The lowest BCUT2D eigenvalue weighted by molar-refractivity contribution is -0.118. The van der Waals surface area contributed by atoms with E-state index >= 15 is 0 Å². The summed E-state index contributed by atoms with van der Waals surface area (Å²) in [5.41, 5.74) is 8.41. The van der Waals surface area contributed by atoms with Crippen molar-refractivity contribution in [2.75, 3.05) is 0 Å². The normalized spacial score (nSPS) is 12.8. The Bertz CT molecular complexity index is 619. The summed E-state index contributed by atoms with van der Waals surface area (Å²) in [6.07, 6.45) is 2.10. The van der Waals surface area contributed by atoms with Crippen molar-refractivity contribution in [2.24, 2.45) is 5.73 Å². The van der Waals surface area contributed by atoms with Gasteiger partial charge in [0.25, 0.3) is 0 Å². The number of carbonyl (C=O) groups is 1. The van der Waals surface area contributed by atoms with Gasteiger partial charge in [0.15, 0.2) is 0 Å². The molecular formula is C15H20ClN3O. The van der Waals surface area contributed by atoms with Crippen LogP contribution in [0.2, 0.25) is 0 Å². The molecule has 1 aromatic heterocycles. The third-order valence-electron chi connectivity index (χ3n) is 3.34. The Kier molecular flexibility index (Phi) is 4.65. The second kappa shape index (κ2) is 6.27. The molecule has 0 saturated carbocycles. The van der Waals surface area contributed by atoms with Gasteiger partial charge in [-0.3, -0.25) is 4.79 Å². The summed E-state index contributed by atoms with van der Waals surface area (Å²) < 4.78 is 2.15. The first-order valence-electron chi connectivity index (χ1n) is 6.88. The van der Waals surface area contributed by atoms with Crippen molar-refractivity contribution in [3.63, 3.8) is 0 Å². The zero-order chi connectivity index (χ0) is 14.7. The zero-order valence-corrected chi connectivity index (χ0v) is 12.7. The van der Waals surface area contributed by atoms with Crippen LogP contribution in [0.4, 0.5) is 0 Å². The molecule has 0 fully saturated rings. The Morgan fingerprint density at radius 2 is 2.20 bits per heavy atom. The van der Waals surface area contributed by atoms with Gasteiger partial charge in [-0.1, -0.05) is 6.07 Å². The number of imidazole rings is 1. The molecule has 1 atom stereocenters. The molecule has 1 heterocycles. The van der Waals surface area contributed by atoms with Gasteiger partial charge >= 0.3 is 0 Å². The number of alkyl halides is 1. The minimum atomic E-state index is -0.248. The van der Waals surface area contributed by atoms with Crippen LogP contribution in [0.15, 0.2) is 18.2 Å². The van der Waals surface area contributed by atoms with E-state index in [0.717, 1.165) is 36.2 Å². The first kappa shape index (κ1) is 14.9. The number of nitrogens with two attached hydrogens (primary N) is 1. The topological polar surface area (TPSA) is 60.9 Å². The fourth-order valence-electron chi connectivity index (χ4n) is 2.37. The second-order valence-electron chi connectivity index (χ2n) is 5.15. The van der Waals surface area contributed by atoms with E-state index in [1.165, 1.54) is 5.56 Å². The largest absolute Gasteiger partial charge is 0.370 e.